The molecule has 0 atom stereocenters. The van der Waals surface area contributed by atoms with Crippen LogP contribution in [0.4, 0.5) is 0 Å². The number of aliphatic imine (C=N–C) groups is 1. The van der Waals surface area contributed by atoms with Gasteiger partial charge >= 0.3 is 0 Å². The van der Waals surface area contributed by atoms with Crippen LogP contribution in [0.5, 0.6) is 0 Å². The van der Waals surface area contributed by atoms with Gasteiger partial charge in [0.15, 0.2) is 5.96 Å². The fourth-order valence-electron chi connectivity index (χ4n) is 2.55. The second-order valence-electron chi connectivity index (χ2n) is 5.79. The maximum Gasteiger partial charge on any atom is 0.191 e. The number of nitrogens with zero attached hydrogens (tertiary/aromatic N) is 3. The summed E-state index contributed by atoms with van der Waals surface area (Å²) >= 11 is 0. The number of rotatable bonds is 6. The third-order valence-corrected chi connectivity index (χ3v) is 3.81. The van der Waals surface area contributed by atoms with Gasteiger partial charge in [0.05, 0.1) is 24.5 Å². The van der Waals surface area contributed by atoms with Crippen molar-refractivity contribution < 1.29 is 0 Å². The lowest BCUT2D eigenvalue weighted by atomic mass is 10.1. The molecule has 0 unspecified atom stereocenters. The maximum absolute atomic E-state index is 4.68. The molecule has 0 aliphatic heterocycles. The minimum absolute atomic E-state index is 0. The fourth-order valence-corrected chi connectivity index (χ4v) is 2.55. The van der Waals surface area contributed by atoms with Crippen LogP contribution in [0, 0.1) is 0 Å². The normalized spacial score (nSPS) is 10.8. The number of nitrogens with one attached hydrogen (secondary N) is 2. The molecule has 2 N–H and O–H groups in total. The van der Waals surface area contributed by atoms with Crippen molar-refractivity contribution in [2.24, 2.45) is 4.99 Å². The van der Waals surface area contributed by atoms with Gasteiger partial charge in [-0.25, -0.2) is 4.99 Å². The van der Waals surface area contributed by atoms with Gasteiger partial charge in [-0.2, -0.15) is 0 Å². The van der Waals surface area contributed by atoms with E-state index in [4.69, 9.17) is 0 Å². The molecular formula is C21H24IN5. The minimum atomic E-state index is 0. The van der Waals surface area contributed by atoms with E-state index in [1.165, 1.54) is 0 Å². The van der Waals surface area contributed by atoms with Crippen LogP contribution in [0.25, 0.3) is 11.3 Å². The third kappa shape index (κ3) is 6.63. The van der Waals surface area contributed by atoms with Gasteiger partial charge in [-0.1, -0.05) is 30.3 Å². The summed E-state index contributed by atoms with van der Waals surface area (Å²) in [6.07, 6.45) is 3.61. The van der Waals surface area contributed by atoms with Crippen molar-refractivity contribution in [2.45, 2.75) is 20.0 Å². The molecule has 0 spiro atoms. The van der Waals surface area contributed by atoms with E-state index in [2.05, 4.69) is 50.7 Å². The molecule has 140 valence electrons. The first-order chi connectivity index (χ1) is 12.8. The van der Waals surface area contributed by atoms with Crippen LogP contribution in [0.3, 0.4) is 0 Å². The van der Waals surface area contributed by atoms with Crippen LogP contribution in [-0.2, 0) is 13.1 Å². The Hall–Kier alpha value is -2.48. The average molecular weight is 473 g/mol. The zero-order chi connectivity index (χ0) is 18.0. The first kappa shape index (κ1) is 20.8. The molecule has 0 fully saturated rings. The zero-order valence-corrected chi connectivity index (χ0v) is 17.6. The first-order valence-corrected chi connectivity index (χ1v) is 8.77. The second kappa shape index (κ2) is 11.3. The Kier molecular flexibility index (Phi) is 8.70. The third-order valence-electron chi connectivity index (χ3n) is 3.81. The largest absolute Gasteiger partial charge is 0.357 e. The molecule has 3 rings (SSSR count). The van der Waals surface area contributed by atoms with Gasteiger partial charge in [0.25, 0.3) is 0 Å². The van der Waals surface area contributed by atoms with Crippen LogP contribution in [0.2, 0.25) is 0 Å². The van der Waals surface area contributed by atoms with E-state index in [0.717, 1.165) is 35.0 Å². The summed E-state index contributed by atoms with van der Waals surface area (Å²) < 4.78 is 0. The molecule has 1 aromatic carbocycles. The van der Waals surface area contributed by atoms with Gasteiger partial charge < -0.3 is 10.6 Å². The van der Waals surface area contributed by atoms with E-state index in [1.54, 1.807) is 6.20 Å². The summed E-state index contributed by atoms with van der Waals surface area (Å²) in [4.78, 5) is 13.4. The summed E-state index contributed by atoms with van der Waals surface area (Å²) in [6.45, 7) is 4.10. The monoisotopic (exact) mass is 473 g/mol. The minimum Gasteiger partial charge on any atom is -0.357 e. The summed E-state index contributed by atoms with van der Waals surface area (Å²) in [5, 5.41) is 6.59. The van der Waals surface area contributed by atoms with Crippen molar-refractivity contribution in [3.63, 3.8) is 0 Å². The van der Waals surface area contributed by atoms with E-state index >= 15 is 0 Å². The number of guanidine groups is 1. The van der Waals surface area contributed by atoms with Gasteiger partial charge in [0.1, 0.15) is 0 Å². The summed E-state index contributed by atoms with van der Waals surface area (Å²) in [7, 11) is 0. The molecule has 0 radical (unpaired) electrons. The fraction of sp³-hybridized carbons (Fsp3) is 0.190. The van der Waals surface area contributed by atoms with Gasteiger partial charge in [-0.3, -0.25) is 9.97 Å². The Bertz CT molecular complexity index is 837. The smallest absolute Gasteiger partial charge is 0.191 e. The highest BCUT2D eigenvalue weighted by atomic mass is 127. The van der Waals surface area contributed by atoms with Gasteiger partial charge in [-0.05, 0) is 42.8 Å². The van der Waals surface area contributed by atoms with Crippen molar-refractivity contribution in [1.29, 1.82) is 0 Å². The van der Waals surface area contributed by atoms with Crippen LogP contribution in [0.1, 0.15) is 18.2 Å². The summed E-state index contributed by atoms with van der Waals surface area (Å²) in [5.41, 5.74) is 4.20. The predicted octanol–water partition coefficient (Wildman–Crippen LogP) is 4.02. The van der Waals surface area contributed by atoms with Crippen molar-refractivity contribution in [1.82, 2.24) is 20.6 Å². The van der Waals surface area contributed by atoms with Crippen molar-refractivity contribution in [3.05, 3.63) is 84.3 Å². The number of pyridine rings is 2. The van der Waals surface area contributed by atoms with Gasteiger partial charge in [-0.15, -0.1) is 24.0 Å². The number of hydrogen-bond donors (Lipinski definition) is 2. The number of halogens is 1. The molecule has 0 amide bonds. The molecule has 3 aromatic rings. The topological polar surface area (TPSA) is 62.2 Å². The standard InChI is InChI=1S/C21H23N5.HI/c1-2-22-21(26-16-19-10-3-5-12-23-19)25-15-17-8-7-9-18(14-17)20-11-4-6-13-24-20;/h3-14H,2,15-16H2,1H3,(H2,22,25,26);1H. The number of aromatic nitrogens is 2. The molecule has 0 aliphatic rings. The Labute approximate surface area is 177 Å². The SMILES string of the molecule is CCNC(=NCc1cccc(-c2ccccn2)c1)NCc1ccccn1.I. The maximum atomic E-state index is 4.68. The molecular weight excluding hydrogens is 449 g/mol. The van der Waals surface area contributed by atoms with Crippen molar-refractivity contribution in [2.75, 3.05) is 6.54 Å². The molecule has 6 heteroatoms. The van der Waals surface area contributed by atoms with Gasteiger partial charge in [0, 0.05) is 24.5 Å². The first-order valence-electron chi connectivity index (χ1n) is 8.77. The Morgan fingerprint density at radius 2 is 1.74 bits per heavy atom. The Morgan fingerprint density at radius 3 is 2.44 bits per heavy atom. The van der Waals surface area contributed by atoms with E-state index in [1.807, 2.05) is 48.7 Å². The molecule has 5 nitrogen and oxygen atoms in total. The van der Waals surface area contributed by atoms with E-state index in [9.17, 15) is 0 Å². The average Bonchev–Trinajstić information content (AvgIpc) is 2.72. The highest BCUT2D eigenvalue weighted by Crippen LogP contribution is 2.18. The molecule has 2 aromatic heterocycles. The summed E-state index contributed by atoms with van der Waals surface area (Å²) in [5.74, 6) is 0.779. The molecule has 0 saturated heterocycles. The zero-order valence-electron chi connectivity index (χ0n) is 15.3. The second-order valence-corrected chi connectivity index (χ2v) is 5.79. The molecule has 0 saturated carbocycles. The molecule has 2 heterocycles. The lowest BCUT2D eigenvalue weighted by Crippen LogP contribution is -2.36. The number of hydrogen-bond acceptors (Lipinski definition) is 3. The highest BCUT2D eigenvalue weighted by molar-refractivity contribution is 14.0. The molecule has 0 bridgehead atoms. The van der Waals surface area contributed by atoms with Gasteiger partial charge in [0.2, 0.25) is 0 Å². The lowest BCUT2D eigenvalue weighted by Gasteiger charge is -2.11. The highest BCUT2D eigenvalue weighted by Gasteiger charge is 2.02. The van der Waals surface area contributed by atoms with Crippen LogP contribution < -0.4 is 10.6 Å². The van der Waals surface area contributed by atoms with E-state index in [0.29, 0.717) is 13.1 Å². The lowest BCUT2D eigenvalue weighted by molar-refractivity contribution is 0.799. The Balaban J connectivity index is 0.00000261. The van der Waals surface area contributed by atoms with Crippen molar-refractivity contribution >= 4 is 29.9 Å². The number of benzene rings is 1. The molecule has 27 heavy (non-hydrogen) atoms. The Morgan fingerprint density at radius 1 is 0.926 bits per heavy atom. The van der Waals surface area contributed by atoms with Crippen LogP contribution >= 0.6 is 24.0 Å². The quantitative estimate of drug-likeness (QED) is 0.323. The van der Waals surface area contributed by atoms with Crippen LogP contribution in [-0.4, -0.2) is 22.5 Å². The van der Waals surface area contributed by atoms with Crippen molar-refractivity contribution in [3.8, 4) is 11.3 Å². The van der Waals surface area contributed by atoms with E-state index in [-0.39, 0.29) is 24.0 Å². The molecule has 0 aliphatic carbocycles. The summed E-state index contributed by atoms with van der Waals surface area (Å²) in [6, 6.07) is 20.2. The predicted molar refractivity (Wildman–Crippen MR) is 121 cm³/mol. The van der Waals surface area contributed by atoms with E-state index < -0.39 is 0 Å². The van der Waals surface area contributed by atoms with Crippen LogP contribution in [0.15, 0.2) is 78.0 Å².